The molecule has 0 spiro atoms. The molecular formula is C5H13Cl3N2P. The molecule has 0 amide bonds. The zero-order chi connectivity index (χ0) is 7.82. The first-order chi connectivity index (χ1) is 4.81. The second-order valence-electron chi connectivity index (χ2n) is 2.12. The Bertz CT molecular complexity index is 70.7. The highest BCUT2D eigenvalue weighted by Gasteiger charge is 2.01. The Morgan fingerprint density at radius 1 is 1.27 bits per heavy atom. The number of halogens is 3. The van der Waals surface area contributed by atoms with Crippen molar-refractivity contribution in [2.75, 3.05) is 33.2 Å². The molecule has 0 aromatic rings. The summed E-state index contributed by atoms with van der Waals surface area (Å²) in [6.07, 6.45) is 0. The lowest BCUT2D eigenvalue weighted by Crippen LogP contribution is -2.40. The summed E-state index contributed by atoms with van der Waals surface area (Å²) >= 11 is 9.47. The van der Waals surface area contributed by atoms with Crippen LogP contribution in [0.4, 0.5) is 0 Å². The van der Waals surface area contributed by atoms with Crippen LogP contribution in [0.15, 0.2) is 0 Å². The van der Waals surface area contributed by atoms with Crippen LogP contribution in [0, 0.1) is 0 Å². The molecule has 0 aliphatic carbocycles. The van der Waals surface area contributed by atoms with Crippen molar-refractivity contribution in [2.24, 2.45) is 0 Å². The van der Waals surface area contributed by atoms with Crippen LogP contribution in [0.5, 0.6) is 0 Å². The lowest BCUT2D eigenvalue weighted by Gasteiger charge is -2.21. The van der Waals surface area contributed by atoms with Gasteiger partial charge in [0.2, 0.25) is 0 Å². The number of hydrogen-bond donors (Lipinski definition) is 1. The molecule has 69 valence electrons. The number of nitrogens with zero attached hydrogens (tertiary/aromatic N) is 1. The van der Waals surface area contributed by atoms with Crippen molar-refractivity contribution in [3.63, 3.8) is 0 Å². The van der Waals surface area contributed by atoms with E-state index in [2.05, 4.69) is 17.3 Å². The van der Waals surface area contributed by atoms with Crippen molar-refractivity contribution in [1.29, 1.82) is 0 Å². The van der Waals surface area contributed by atoms with Crippen LogP contribution in [0.2, 0.25) is 0 Å². The predicted molar refractivity (Wildman–Crippen MR) is 56.2 cm³/mol. The summed E-state index contributed by atoms with van der Waals surface area (Å²) in [7, 11) is 2.51. The van der Waals surface area contributed by atoms with Crippen molar-refractivity contribution in [3.8, 4) is 0 Å². The Kier molecular flexibility index (Phi) is 15.0. The van der Waals surface area contributed by atoms with Crippen molar-refractivity contribution in [3.05, 3.63) is 0 Å². The summed E-state index contributed by atoms with van der Waals surface area (Å²) < 4.78 is 0. The first-order valence-corrected chi connectivity index (χ1v) is 5.83. The van der Waals surface area contributed by atoms with Crippen LogP contribution >= 0.6 is 42.2 Å². The summed E-state index contributed by atoms with van der Waals surface area (Å²) in [5, 5.41) is 3.27. The fourth-order valence-corrected chi connectivity index (χ4v) is 0.777. The Morgan fingerprint density at radius 3 is 1.82 bits per heavy atom. The van der Waals surface area contributed by atoms with Gasteiger partial charge in [-0.05, 0) is 7.05 Å². The molecule has 0 aromatic heterocycles. The number of hydrogen-bond acceptors (Lipinski definition) is 2. The van der Waals surface area contributed by atoms with E-state index in [-0.39, 0.29) is 12.4 Å². The lowest BCUT2D eigenvalue weighted by atomic mass is 10.4. The maximum absolute atomic E-state index is 4.74. The monoisotopic (exact) mass is 237 g/mol. The molecule has 1 aliphatic heterocycles. The van der Waals surface area contributed by atoms with E-state index in [0.29, 0.717) is 7.29 Å². The summed E-state index contributed by atoms with van der Waals surface area (Å²) in [6, 6.07) is 0. The van der Waals surface area contributed by atoms with E-state index in [1.54, 1.807) is 0 Å². The van der Waals surface area contributed by atoms with Gasteiger partial charge in [-0.15, -0.1) is 12.4 Å². The summed E-state index contributed by atoms with van der Waals surface area (Å²) in [5.41, 5.74) is 0. The smallest absolute Gasteiger partial charge is 0.141 e. The van der Waals surface area contributed by atoms with Crippen LogP contribution < -0.4 is 5.32 Å². The van der Waals surface area contributed by atoms with Crippen molar-refractivity contribution in [1.82, 2.24) is 10.2 Å². The van der Waals surface area contributed by atoms with E-state index >= 15 is 0 Å². The molecule has 1 fully saturated rings. The minimum atomic E-state index is 0. The SMILES string of the molecule is CN1CCNCC1.Cl.Cl[P]Cl. The molecule has 1 heterocycles. The van der Waals surface area contributed by atoms with E-state index < -0.39 is 0 Å². The highest BCUT2D eigenvalue weighted by atomic mass is 35.9. The van der Waals surface area contributed by atoms with Crippen molar-refractivity contribution < 1.29 is 0 Å². The van der Waals surface area contributed by atoms with Gasteiger partial charge < -0.3 is 10.2 Å². The normalized spacial score (nSPS) is 17.7. The second-order valence-corrected chi connectivity index (χ2v) is 3.78. The average molecular weight is 239 g/mol. The third kappa shape index (κ3) is 11.2. The van der Waals surface area contributed by atoms with Crippen molar-refractivity contribution in [2.45, 2.75) is 0 Å². The Labute approximate surface area is 85.8 Å². The maximum atomic E-state index is 4.74. The molecular weight excluding hydrogens is 225 g/mol. The minimum absolute atomic E-state index is 0. The molecule has 0 saturated carbocycles. The summed E-state index contributed by atoms with van der Waals surface area (Å²) in [6.45, 7) is 4.74. The minimum Gasteiger partial charge on any atom is -0.314 e. The quantitative estimate of drug-likeness (QED) is 0.651. The highest BCUT2D eigenvalue weighted by molar-refractivity contribution is 7.90. The van der Waals surface area contributed by atoms with Gasteiger partial charge in [-0.2, -0.15) is 0 Å². The van der Waals surface area contributed by atoms with E-state index in [1.807, 2.05) is 0 Å². The van der Waals surface area contributed by atoms with E-state index in [1.165, 1.54) is 13.1 Å². The van der Waals surface area contributed by atoms with Gasteiger partial charge in [-0.3, -0.25) is 0 Å². The van der Waals surface area contributed by atoms with Gasteiger partial charge in [0.1, 0.15) is 7.29 Å². The molecule has 1 saturated heterocycles. The van der Waals surface area contributed by atoms with Gasteiger partial charge in [0.25, 0.3) is 0 Å². The molecule has 6 heteroatoms. The molecule has 2 nitrogen and oxygen atoms in total. The third-order valence-corrected chi connectivity index (χ3v) is 1.34. The molecule has 0 unspecified atom stereocenters. The molecule has 1 aliphatic rings. The first-order valence-electron chi connectivity index (χ1n) is 3.12. The number of piperazine rings is 1. The van der Waals surface area contributed by atoms with Crippen LogP contribution in [-0.2, 0) is 0 Å². The van der Waals surface area contributed by atoms with Crippen LogP contribution in [0.3, 0.4) is 0 Å². The first kappa shape index (κ1) is 14.7. The Hall–Kier alpha value is 1.22. The number of nitrogens with one attached hydrogen (secondary N) is 1. The van der Waals surface area contributed by atoms with E-state index in [0.717, 1.165) is 13.1 Å². The van der Waals surface area contributed by atoms with Gasteiger partial charge >= 0.3 is 0 Å². The molecule has 11 heavy (non-hydrogen) atoms. The lowest BCUT2D eigenvalue weighted by molar-refractivity contribution is 0.291. The standard InChI is InChI=1S/C5H12N2.Cl2P.ClH/c1-7-4-2-6-3-5-7;1-3-2;/h6H,2-5H2,1H3;;1H. The van der Waals surface area contributed by atoms with Gasteiger partial charge in [-0.25, -0.2) is 0 Å². The maximum Gasteiger partial charge on any atom is 0.141 e. The van der Waals surface area contributed by atoms with Gasteiger partial charge in [0.05, 0.1) is 0 Å². The Morgan fingerprint density at radius 2 is 1.64 bits per heavy atom. The van der Waals surface area contributed by atoms with Gasteiger partial charge in [-0.1, -0.05) is 22.5 Å². The number of likely N-dealkylation sites (N-methyl/N-ethyl adjacent to an activating group) is 1. The zero-order valence-electron chi connectivity index (χ0n) is 6.39. The Balaban J connectivity index is 0. The van der Waals surface area contributed by atoms with Gasteiger partial charge in [0, 0.05) is 26.2 Å². The predicted octanol–water partition coefficient (Wildman–Crippen LogP) is 2.18. The summed E-state index contributed by atoms with van der Waals surface area (Å²) in [4.78, 5) is 2.33. The van der Waals surface area contributed by atoms with E-state index in [4.69, 9.17) is 22.5 Å². The molecule has 1 radical (unpaired) electrons. The van der Waals surface area contributed by atoms with Crippen LogP contribution in [-0.4, -0.2) is 38.1 Å². The van der Waals surface area contributed by atoms with Crippen LogP contribution in [0.25, 0.3) is 0 Å². The molecule has 1 rings (SSSR count). The largest absolute Gasteiger partial charge is 0.314 e. The average Bonchev–Trinajstić information content (AvgIpc) is 1.91. The number of rotatable bonds is 0. The van der Waals surface area contributed by atoms with Crippen LogP contribution in [0.1, 0.15) is 0 Å². The van der Waals surface area contributed by atoms with Crippen molar-refractivity contribution >= 4 is 42.2 Å². The fourth-order valence-electron chi connectivity index (χ4n) is 0.777. The fraction of sp³-hybridized carbons (Fsp3) is 1.00. The van der Waals surface area contributed by atoms with Gasteiger partial charge in [0.15, 0.2) is 0 Å². The van der Waals surface area contributed by atoms with E-state index in [9.17, 15) is 0 Å². The molecule has 1 N–H and O–H groups in total. The molecule has 0 atom stereocenters. The molecule has 0 aromatic carbocycles. The molecule has 0 bridgehead atoms. The summed E-state index contributed by atoms with van der Waals surface area (Å²) in [5.74, 6) is 0. The third-order valence-electron chi connectivity index (χ3n) is 1.34. The zero-order valence-corrected chi connectivity index (χ0v) is 9.61. The second kappa shape index (κ2) is 11.2. The highest BCUT2D eigenvalue weighted by Crippen LogP contribution is 2.19. The topological polar surface area (TPSA) is 15.3 Å².